The van der Waals surface area contributed by atoms with Crippen molar-refractivity contribution in [2.24, 2.45) is 11.8 Å². The van der Waals surface area contributed by atoms with E-state index in [1.807, 2.05) is 0 Å². The van der Waals surface area contributed by atoms with Crippen molar-refractivity contribution in [3.8, 4) is 6.07 Å². The summed E-state index contributed by atoms with van der Waals surface area (Å²) < 4.78 is 0. The van der Waals surface area contributed by atoms with Crippen LogP contribution in [0.15, 0.2) is 30.3 Å². The molecule has 0 aliphatic carbocycles. The highest BCUT2D eigenvalue weighted by Crippen LogP contribution is 2.30. The predicted molar refractivity (Wildman–Crippen MR) is 83.3 cm³/mol. The first-order valence-electron chi connectivity index (χ1n) is 7.85. The van der Waals surface area contributed by atoms with E-state index in [0.29, 0.717) is 24.3 Å². The first-order chi connectivity index (χ1) is 9.70. The van der Waals surface area contributed by atoms with Crippen LogP contribution in [-0.4, -0.2) is 24.0 Å². The third-order valence-electron chi connectivity index (χ3n) is 4.65. The fourth-order valence-electron chi connectivity index (χ4n) is 3.30. The van der Waals surface area contributed by atoms with E-state index >= 15 is 0 Å². The lowest BCUT2D eigenvalue weighted by atomic mass is 9.79. The second kappa shape index (κ2) is 7.45. The lowest BCUT2D eigenvalue weighted by Crippen LogP contribution is -2.43. The third-order valence-corrected chi connectivity index (χ3v) is 4.65. The van der Waals surface area contributed by atoms with Gasteiger partial charge in [-0.05, 0) is 57.1 Å². The van der Waals surface area contributed by atoms with E-state index in [-0.39, 0.29) is 0 Å². The number of rotatable bonds is 5. The van der Waals surface area contributed by atoms with Crippen LogP contribution < -0.4 is 0 Å². The average Bonchev–Trinajstić information content (AvgIpc) is 2.47. The number of aryl methyl sites for hydroxylation is 1. The topological polar surface area (TPSA) is 27.0 Å². The Bertz CT molecular complexity index is 432. The highest BCUT2D eigenvalue weighted by atomic mass is 15.2. The number of nitriles is 1. The standard InChI is InChI=1S/C18H26N2/c1-15(2)20-13-11-17(18(14-20)10-12-19)9-8-16-6-4-3-5-7-16/h3-7,15,17-18H,8-11,13-14H2,1-2H3. The number of hydrogen-bond donors (Lipinski definition) is 0. The molecule has 2 heteroatoms. The van der Waals surface area contributed by atoms with Gasteiger partial charge in [-0.15, -0.1) is 0 Å². The first kappa shape index (κ1) is 15.1. The van der Waals surface area contributed by atoms with Crippen molar-refractivity contribution in [1.82, 2.24) is 4.90 Å². The second-order valence-corrected chi connectivity index (χ2v) is 6.28. The van der Waals surface area contributed by atoms with Gasteiger partial charge in [0.15, 0.2) is 0 Å². The summed E-state index contributed by atoms with van der Waals surface area (Å²) >= 11 is 0. The van der Waals surface area contributed by atoms with Crippen molar-refractivity contribution >= 4 is 0 Å². The molecule has 0 saturated carbocycles. The molecule has 0 radical (unpaired) electrons. The Labute approximate surface area is 123 Å². The molecule has 1 heterocycles. The van der Waals surface area contributed by atoms with Crippen LogP contribution in [0.1, 0.15) is 38.7 Å². The minimum atomic E-state index is 0.555. The average molecular weight is 270 g/mol. The normalized spacial score (nSPS) is 23.7. The Morgan fingerprint density at radius 2 is 2.00 bits per heavy atom. The van der Waals surface area contributed by atoms with Crippen LogP contribution in [0.2, 0.25) is 0 Å². The van der Waals surface area contributed by atoms with Gasteiger partial charge < -0.3 is 4.90 Å². The van der Waals surface area contributed by atoms with Crippen LogP contribution >= 0.6 is 0 Å². The van der Waals surface area contributed by atoms with Crippen molar-refractivity contribution in [2.45, 2.75) is 45.6 Å². The summed E-state index contributed by atoms with van der Waals surface area (Å²) in [7, 11) is 0. The Kier molecular flexibility index (Phi) is 5.61. The molecule has 20 heavy (non-hydrogen) atoms. The zero-order valence-electron chi connectivity index (χ0n) is 12.8. The van der Waals surface area contributed by atoms with Crippen molar-refractivity contribution in [3.63, 3.8) is 0 Å². The van der Waals surface area contributed by atoms with Crippen LogP contribution in [0, 0.1) is 23.2 Å². The monoisotopic (exact) mass is 270 g/mol. The number of hydrogen-bond acceptors (Lipinski definition) is 2. The van der Waals surface area contributed by atoms with E-state index in [2.05, 4.69) is 55.1 Å². The van der Waals surface area contributed by atoms with Crippen molar-refractivity contribution in [2.75, 3.05) is 13.1 Å². The molecule has 108 valence electrons. The van der Waals surface area contributed by atoms with E-state index < -0.39 is 0 Å². The van der Waals surface area contributed by atoms with Crippen LogP contribution in [0.5, 0.6) is 0 Å². The Morgan fingerprint density at radius 3 is 2.65 bits per heavy atom. The molecule has 1 aromatic rings. The number of nitrogens with zero attached hydrogens (tertiary/aromatic N) is 2. The summed E-state index contributed by atoms with van der Waals surface area (Å²) in [6.07, 6.45) is 4.33. The van der Waals surface area contributed by atoms with Crippen LogP contribution in [0.3, 0.4) is 0 Å². The number of benzene rings is 1. The van der Waals surface area contributed by atoms with E-state index in [0.717, 1.165) is 13.0 Å². The maximum absolute atomic E-state index is 9.08. The summed E-state index contributed by atoms with van der Waals surface area (Å²) in [6.45, 7) is 6.81. The molecule has 1 aromatic carbocycles. The fourth-order valence-corrected chi connectivity index (χ4v) is 3.30. The summed E-state index contributed by atoms with van der Waals surface area (Å²) in [5.41, 5.74) is 1.43. The quantitative estimate of drug-likeness (QED) is 0.812. The molecule has 1 aliphatic heterocycles. The zero-order valence-corrected chi connectivity index (χ0v) is 12.8. The van der Waals surface area contributed by atoms with Gasteiger partial charge in [-0.3, -0.25) is 0 Å². The molecule has 1 fully saturated rings. The van der Waals surface area contributed by atoms with Crippen molar-refractivity contribution in [3.05, 3.63) is 35.9 Å². The van der Waals surface area contributed by atoms with E-state index in [1.165, 1.54) is 24.9 Å². The van der Waals surface area contributed by atoms with E-state index in [9.17, 15) is 0 Å². The molecule has 0 bridgehead atoms. The lowest BCUT2D eigenvalue weighted by Gasteiger charge is -2.40. The van der Waals surface area contributed by atoms with E-state index in [4.69, 9.17) is 5.26 Å². The van der Waals surface area contributed by atoms with Crippen LogP contribution in [0.25, 0.3) is 0 Å². The van der Waals surface area contributed by atoms with E-state index in [1.54, 1.807) is 0 Å². The SMILES string of the molecule is CC(C)N1CCC(CCc2ccccc2)C(CC#N)C1. The number of piperidine rings is 1. The summed E-state index contributed by atoms with van der Waals surface area (Å²) in [6, 6.07) is 13.7. The van der Waals surface area contributed by atoms with Gasteiger partial charge in [-0.2, -0.15) is 5.26 Å². The largest absolute Gasteiger partial charge is 0.301 e. The fraction of sp³-hybridized carbons (Fsp3) is 0.611. The molecule has 1 saturated heterocycles. The zero-order chi connectivity index (χ0) is 14.4. The van der Waals surface area contributed by atoms with Gasteiger partial charge in [-0.1, -0.05) is 30.3 Å². The van der Waals surface area contributed by atoms with Crippen molar-refractivity contribution < 1.29 is 0 Å². The van der Waals surface area contributed by atoms with Gasteiger partial charge in [0.1, 0.15) is 0 Å². The molecular formula is C18H26N2. The predicted octanol–water partition coefficient (Wildman–Crippen LogP) is 3.88. The molecule has 1 aliphatic rings. The van der Waals surface area contributed by atoms with Gasteiger partial charge in [-0.25, -0.2) is 0 Å². The first-order valence-corrected chi connectivity index (χ1v) is 7.85. The van der Waals surface area contributed by atoms with Gasteiger partial charge in [0, 0.05) is 19.0 Å². The lowest BCUT2D eigenvalue weighted by molar-refractivity contribution is 0.0911. The van der Waals surface area contributed by atoms with Gasteiger partial charge in [0.2, 0.25) is 0 Å². The summed E-state index contributed by atoms with van der Waals surface area (Å²) in [5.74, 6) is 1.27. The summed E-state index contributed by atoms with van der Waals surface area (Å²) in [5, 5.41) is 9.08. The number of likely N-dealkylation sites (tertiary alicyclic amines) is 1. The van der Waals surface area contributed by atoms with Gasteiger partial charge >= 0.3 is 0 Å². The Morgan fingerprint density at radius 1 is 1.25 bits per heavy atom. The molecule has 0 amide bonds. The third kappa shape index (κ3) is 4.08. The molecule has 0 N–H and O–H groups in total. The Balaban J connectivity index is 1.91. The molecule has 2 nitrogen and oxygen atoms in total. The van der Waals surface area contributed by atoms with Crippen LogP contribution in [0.4, 0.5) is 0 Å². The molecule has 2 atom stereocenters. The minimum absolute atomic E-state index is 0.555. The van der Waals surface area contributed by atoms with Crippen molar-refractivity contribution in [1.29, 1.82) is 5.26 Å². The van der Waals surface area contributed by atoms with Gasteiger partial charge in [0.05, 0.1) is 6.07 Å². The second-order valence-electron chi connectivity index (χ2n) is 6.28. The van der Waals surface area contributed by atoms with Gasteiger partial charge in [0.25, 0.3) is 0 Å². The molecule has 0 aromatic heterocycles. The Hall–Kier alpha value is -1.33. The molecule has 2 unspecified atom stereocenters. The summed E-state index contributed by atoms with van der Waals surface area (Å²) in [4.78, 5) is 2.53. The highest BCUT2D eigenvalue weighted by molar-refractivity contribution is 5.14. The smallest absolute Gasteiger partial charge is 0.0625 e. The van der Waals surface area contributed by atoms with Crippen LogP contribution in [-0.2, 0) is 6.42 Å². The molecule has 0 spiro atoms. The highest BCUT2D eigenvalue weighted by Gasteiger charge is 2.29. The maximum Gasteiger partial charge on any atom is 0.0625 e. The molecule has 2 rings (SSSR count). The maximum atomic E-state index is 9.08. The molecular weight excluding hydrogens is 244 g/mol. The minimum Gasteiger partial charge on any atom is -0.301 e.